The maximum atomic E-state index is 12.3. The second-order valence-electron chi connectivity index (χ2n) is 6.08. The van der Waals surface area contributed by atoms with Crippen molar-refractivity contribution in [1.29, 1.82) is 0 Å². The average Bonchev–Trinajstić information content (AvgIpc) is 2.58. The zero-order chi connectivity index (χ0) is 16.1. The molecule has 0 radical (unpaired) electrons. The summed E-state index contributed by atoms with van der Waals surface area (Å²) in [5.41, 5.74) is 8.98. The lowest BCUT2D eigenvalue weighted by Gasteiger charge is -2.26. The van der Waals surface area contributed by atoms with Crippen LogP contribution in [0.4, 0.5) is 11.4 Å². The molecule has 1 amide bonds. The van der Waals surface area contributed by atoms with E-state index in [1.807, 2.05) is 36.4 Å². The maximum absolute atomic E-state index is 12.3. The van der Waals surface area contributed by atoms with Gasteiger partial charge in [-0.25, -0.2) is 0 Å². The van der Waals surface area contributed by atoms with Crippen molar-refractivity contribution in [2.45, 2.75) is 25.8 Å². The Morgan fingerprint density at radius 2 is 1.70 bits per heavy atom. The molecular weight excluding hydrogens is 286 g/mol. The Morgan fingerprint density at radius 1 is 1.00 bits per heavy atom. The van der Waals surface area contributed by atoms with Crippen LogP contribution in [0.5, 0.6) is 0 Å². The number of nitrogens with one attached hydrogen (secondary N) is 1. The Labute approximate surface area is 137 Å². The molecule has 0 atom stereocenters. The Hall–Kier alpha value is -2.33. The lowest BCUT2D eigenvalue weighted by molar-refractivity contribution is 0.102. The minimum absolute atomic E-state index is 0.132. The van der Waals surface area contributed by atoms with Gasteiger partial charge in [-0.15, -0.1) is 0 Å². The average molecular weight is 309 g/mol. The van der Waals surface area contributed by atoms with Gasteiger partial charge in [0.15, 0.2) is 0 Å². The summed E-state index contributed by atoms with van der Waals surface area (Å²) in [6.07, 6.45) is 3.93. The number of hydrogen-bond donors (Lipinski definition) is 2. The van der Waals surface area contributed by atoms with Crippen molar-refractivity contribution >= 4 is 17.3 Å². The van der Waals surface area contributed by atoms with E-state index in [1.54, 1.807) is 12.1 Å². The summed E-state index contributed by atoms with van der Waals surface area (Å²) < 4.78 is 0. The second-order valence-corrected chi connectivity index (χ2v) is 6.08. The molecule has 0 unspecified atom stereocenters. The standard InChI is InChI=1S/C19H23N3O/c20-17-6-2-3-7-18(17)21-19(23)16-10-8-15(9-11-16)14-22-12-4-1-5-13-22/h2-3,6-11H,1,4-5,12-14,20H2,(H,21,23). The van der Waals surface area contributed by atoms with E-state index in [2.05, 4.69) is 10.2 Å². The van der Waals surface area contributed by atoms with Gasteiger partial charge in [0.2, 0.25) is 0 Å². The monoisotopic (exact) mass is 309 g/mol. The van der Waals surface area contributed by atoms with Crippen LogP contribution in [0.3, 0.4) is 0 Å². The number of rotatable bonds is 4. The summed E-state index contributed by atoms with van der Waals surface area (Å²) in [7, 11) is 0. The van der Waals surface area contributed by atoms with Crippen LogP contribution < -0.4 is 11.1 Å². The van der Waals surface area contributed by atoms with Gasteiger partial charge in [-0.3, -0.25) is 9.69 Å². The molecule has 2 aromatic carbocycles. The molecule has 0 saturated carbocycles. The molecule has 0 bridgehead atoms. The highest BCUT2D eigenvalue weighted by Crippen LogP contribution is 2.18. The Kier molecular flexibility index (Phi) is 4.93. The van der Waals surface area contributed by atoms with Crippen molar-refractivity contribution in [1.82, 2.24) is 4.90 Å². The van der Waals surface area contributed by atoms with E-state index in [0.29, 0.717) is 16.9 Å². The van der Waals surface area contributed by atoms with E-state index < -0.39 is 0 Å². The van der Waals surface area contributed by atoms with Gasteiger partial charge in [-0.05, 0) is 55.8 Å². The summed E-state index contributed by atoms with van der Waals surface area (Å²) in [4.78, 5) is 14.8. The van der Waals surface area contributed by atoms with E-state index in [4.69, 9.17) is 5.73 Å². The summed E-state index contributed by atoms with van der Waals surface area (Å²) >= 11 is 0. The molecular formula is C19H23N3O. The van der Waals surface area contributed by atoms with Crippen LogP contribution >= 0.6 is 0 Å². The molecule has 0 aromatic heterocycles. The van der Waals surface area contributed by atoms with E-state index in [-0.39, 0.29) is 5.91 Å². The molecule has 1 aliphatic heterocycles. The largest absolute Gasteiger partial charge is 0.397 e. The van der Waals surface area contributed by atoms with Gasteiger partial charge in [0, 0.05) is 12.1 Å². The Bertz CT molecular complexity index is 661. The van der Waals surface area contributed by atoms with E-state index in [9.17, 15) is 4.79 Å². The predicted molar refractivity (Wildman–Crippen MR) is 94.4 cm³/mol. The number of nitrogens with two attached hydrogens (primary N) is 1. The molecule has 0 spiro atoms. The van der Waals surface area contributed by atoms with Crippen LogP contribution in [0.15, 0.2) is 48.5 Å². The number of para-hydroxylation sites is 2. The van der Waals surface area contributed by atoms with E-state index in [1.165, 1.54) is 37.9 Å². The fourth-order valence-electron chi connectivity index (χ4n) is 2.94. The second kappa shape index (κ2) is 7.29. The third-order valence-electron chi connectivity index (χ3n) is 4.28. The number of nitrogen functional groups attached to an aromatic ring is 1. The van der Waals surface area contributed by atoms with Gasteiger partial charge in [0.05, 0.1) is 11.4 Å². The lowest BCUT2D eigenvalue weighted by atomic mass is 10.1. The predicted octanol–water partition coefficient (Wildman–Crippen LogP) is 3.51. The number of hydrogen-bond acceptors (Lipinski definition) is 3. The highest BCUT2D eigenvalue weighted by molar-refractivity contribution is 6.05. The normalized spacial score (nSPS) is 15.3. The quantitative estimate of drug-likeness (QED) is 0.850. The molecule has 1 aliphatic rings. The molecule has 1 heterocycles. The minimum Gasteiger partial charge on any atom is -0.397 e. The number of benzene rings is 2. The molecule has 2 aromatic rings. The van der Waals surface area contributed by atoms with Crippen molar-refractivity contribution in [2.24, 2.45) is 0 Å². The number of carbonyl (C=O) groups is 1. The van der Waals surface area contributed by atoms with Gasteiger partial charge in [-0.2, -0.15) is 0 Å². The van der Waals surface area contributed by atoms with Gasteiger partial charge in [0.25, 0.3) is 5.91 Å². The SMILES string of the molecule is Nc1ccccc1NC(=O)c1ccc(CN2CCCCC2)cc1. The smallest absolute Gasteiger partial charge is 0.255 e. The topological polar surface area (TPSA) is 58.4 Å². The molecule has 4 heteroatoms. The molecule has 4 nitrogen and oxygen atoms in total. The first-order valence-corrected chi connectivity index (χ1v) is 8.19. The number of anilines is 2. The van der Waals surface area contributed by atoms with Gasteiger partial charge >= 0.3 is 0 Å². The fourth-order valence-corrected chi connectivity index (χ4v) is 2.94. The van der Waals surface area contributed by atoms with Gasteiger partial charge < -0.3 is 11.1 Å². The lowest BCUT2D eigenvalue weighted by Crippen LogP contribution is -2.29. The summed E-state index contributed by atoms with van der Waals surface area (Å²) in [6, 6.07) is 15.1. The summed E-state index contributed by atoms with van der Waals surface area (Å²) in [5, 5.41) is 2.85. The van der Waals surface area contributed by atoms with Crippen LogP contribution in [-0.4, -0.2) is 23.9 Å². The minimum atomic E-state index is -0.132. The van der Waals surface area contributed by atoms with Crippen molar-refractivity contribution in [3.63, 3.8) is 0 Å². The third-order valence-corrected chi connectivity index (χ3v) is 4.28. The van der Waals surface area contributed by atoms with Crippen molar-refractivity contribution in [3.8, 4) is 0 Å². The van der Waals surface area contributed by atoms with Crippen molar-refractivity contribution in [3.05, 3.63) is 59.7 Å². The van der Waals surface area contributed by atoms with E-state index >= 15 is 0 Å². The number of amides is 1. The number of piperidine rings is 1. The highest BCUT2D eigenvalue weighted by Gasteiger charge is 2.11. The number of nitrogens with zero attached hydrogens (tertiary/aromatic N) is 1. The first-order valence-electron chi connectivity index (χ1n) is 8.19. The Balaban J connectivity index is 1.62. The van der Waals surface area contributed by atoms with Crippen LogP contribution in [0, 0.1) is 0 Å². The number of carbonyl (C=O) groups excluding carboxylic acids is 1. The molecule has 120 valence electrons. The van der Waals surface area contributed by atoms with Gasteiger partial charge in [-0.1, -0.05) is 30.7 Å². The zero-order valence-corrected chi connectivity index (χ0v) is 13.3. The fraction of sp³-hybridized carbons (Fsp3) is 0.316. The zero-order valence-electron chi connectivity index (χ0n) is 13.3. The summed E-state index contributed by atoms with van der Waals surface area (Å²) in [6.45, 7) is 3.32. The van der Waals surface area contributed by atoms with Gasteiger partial charge in [0.1, 0.15) is 0 Å². The van der Waals surface area contributed by atoms with Crippen molar-refractivity contribution < 1.29 is 4.79 Å². The molecule has 23 heavy (non-hydrogen) atoms. The van der Waals surface area contributed by atoms with Crippen LogP contribution in [0.1, 0.15) is 35.2 Å². The summed E-state index contributed by atoms with van der Waals surface area (Å²) in [5.74, 6) is -0.132. The van der Waals surface area contributed by atoms with Crippen LogP contribution in [-0.2, 0) is 6.54 Å². The molecule has 1 fully saturated rings. The highest BCUT2D eigenvalue weighted by atomic mass is 16.1. The van der Waals surface area contributed by atoms with Crippen molar-refractivity contribution in [2.75, 3.05) is 24.1 Å². The Morgan fingerprint density at radius 3 is 2.39 bits per heavy atom. The number of likely N-dealkylation sites (tertiary alicyclic amines) is 1. The first-order chi connectivity index (χ1) is 11.2. The van der Waals surface area contributed by atoms with Crippen LogP contribution in [0.25, 0.3) is 0 Å². The maximum Gasteiger partial charge on any atom is 0.255 e. The first kappa shape index (κ1) is 15.6. The van der Waals surface area contributed by atoms with E-state index in [0.717, 1.165) is 6.54 Å². The molecule has 0 aliphatic carbocycles. The third kappa shape index (κ3) is 4.11. The molecule has 3 N–H and O–H groups in total. The molecule has 1 saturated heterocycles. The molecule has 3 rings (SSSR count). The van der Waals surface area contributed by atoms with Crippen LogP contribution in [0.2, 0.25) is 0 Å².